The summed E-state index contributed by atoms with van der Waals surface area (Å²) in [6, 6.07) is 28.7. The Morgan fingerprint density at radius 1 is 0.878 bits per heavy atom. The van der Waals surface area contributed by atoms with Crippen LogP contribution in [0.3, 0.4) is 0 Å². The van der Waals surface area contributed by atoms with Gasteiger partial charge in [-0.2, -0.15) is 0 Å². The highest BCUT2D eigenvalue weighted by atomic mass is 19.1. The highest BCUT2D eigenvalue weighted by Crippen LogP contribution is 2.56. The Kier molecular flexibility index (Phi) is 6.59. The van der Waals surface area contributed by atoms with Crippen LogP contribution in [0.1, 0.15) is 27.0 Å². The summed E-state index contributed by atoms with van der Waals surface area (Å²) in [5, 5.41) is 11.0. The van der Waals surface area contributed by atoms with Crippen LogP contribution in [0.4, 0.5) is 10.1 Å². The number of hydrogen-bond acceptors (Lipinski definition) is 7. The summed E-state index contributed by atoms with van der Waals surface area (Å²) >= 11 is 0. The van der Waals surface area contributed by atoms with Crippen molar-refractivity contribution in [3.8, 4) is 11.1 Å². The van der Waals surface area contributed by atoms with Crippen molar-refractivity contribution in [2.75, 3.05) is 13.7 Å². The van der Waals surface area contributed by atoms with Crippen LogP contribution in [0.25, 0.3) is 11.1 Å². The second-order valence-electron chi connectivity index (χ2n) is 9.98. The maximum Gasteiger partial charge on any atom is 0.338 e. The molecule has 0 amide bonds. The van der Waals surface area contributed by atoms with Crippen molar-refractivity contribution in [1.82, 2.24) is 4.90 Å². The number of alkyl halides is 1. The Balaban J connectivity index is 1.48. The molecule has 1 heterocycles. The molecule has 0 saturated carbocycles. The second-order valence-corrected chi connectivity index (χ2v) is 9.98. The van der Waals surface area contributed by atoms with Crippen LogP contribution in [0.2, 0.25) is 0 Å². The molecule has 1 saturated heterocycles. The minimum atomic E-state index is -1.91. The van der Waals surface area contributed by atoms with Crippen molar-refractivity contribution in [3.63, 3.8) is 0 Å². The number of methoxy groups -OCH3 is 1. The van der Waals surface area contributed by atoms with Gasteiger partial charge in [0.05, 0.1) is 23.1 Å². The molecule has 1 aliphatic carbocycles. The fraction of sp³-hybridized carbons (Fsp3) is 0.188. The summed E-state index contributed by atoms with van der Waals surface area (Å²) in [6.45, 7) is -0.114. The molecule has 0 bridgehead atoms. The van der Waals surface area contributed by atoms with Crippen LogP contribution in [-0.4, -0.2) is 53.7 Å². The summed E-state index contributed by atoms with van der Waals surface area (Å²) < 4.78 is 27.1. The van der Waals surface area contributed by atoms with Crippen molar-refractivity contribution < 1.29 is 28.4 Å². The highest BCUT2D eigenvalue weighted by molar-refractivity contribution is 5.90. The highest BCUT2D eigenvalue weighted by Gasteiger charge is 2.60. The van der Waals surface area contributed by atoms with E-state index in [4.69, 9.17) is 9.47 Å². The molecule has 6 rings (SSSR count). The zero-order chi connectivity index (χ0) is 28.7. The van der Waals surface area contributed by atoms with E-state index >= 15 is 4.39 Å². The minimum Gasteiger partial charge on any atom is -0.468 e. The molecular formula is C32H25FN2O6. The third kappa shape index (κ3) is 4.08. The van der Waals surface area contributed by atoms with Gasteiger partial charge in [0.15, 0.2) is 6.17 Å². The summed E-state index contributed by atoms with van der Waals surface area (Å²) in [5.74, 6) is -1.64. The predicted molar refractivity (Wildman–Crippen MR) is 148 cm³/mol. The van der Waals surface area contributed by atoms with Crippen molar-refractivity contribution in [2.24, 2.45) is 0 Å². The first-order valence-corrected chi connectivity index (χ1v) is 13.1. The van der Waals surface area contributed by atoms with E-state index in [1.165, 1.54) is 31.4 Å². The van der Waals surface area contributed by atoms with Crippen LogP contribution < -0.4 is 0 Å². The van der Waals surface area contributed by atoms with E-state index in [2.05, 4.69) is 0 Å². The molecule has 9 heteroatoms. The van der Waals surface area contributed by atoms with Crippen molar-refractivity contribution >= 4 is 17.6 Å². The molecule has 1 aliphatic heterocycles. The summed E-state index contributed by atoms with van der Waals surface area (Å²) in [5.41, 5.74) is 3.23. The molecule has 4 aromatic carbocycles. The average Bonchev–Trinajstić information content (AvgIpc) is 3.49. The Hall–Kier alpha value is -4.89. The number of nitrogens with zero attached hydrogens (tertiary/aromatic N) is 2. The quantitative estimate of drug-likeness (QED) is 0.182. The molecule has 3 atom stereocenters. The molecule has 41 heavy (non-hydrogen) atoms. The third-order valence-electron chi connectivity index (χ3n) is 7.93. The topological polar surface area (TPSA) is 99.0 Å². The van der Waals surface area contributed by atoms with E-state index in [0.29, 0.717) is 0 Å². The Morgan fingerprint density at radius 2 is 1.44 bits per heavy atom. The van der Waals surface area contributed by atoms with Crippen LogP contribution in [0.5, 0.6) is 0 Å². The number of hydrogen-bond donors (Lipinski definition) is 0. The molecule has 8 nitrogen and oxygen atoms in total. The standard InChI is InChI=1S/C32H25FN2O6/c1-40-31(37)29-28(33)27(41-30(36)20-15-17-22(18-16-20)35(38)39)19-34(29)32(21-9-3-2-4-10-21)25-13-7-5-11-23(25)24-12-6-8-14-26(24)32/h2-18,27-29H,19H2,1H3/t27-,28+,29-/m0/s1. The zero-order valence-corrected chi connectivity index (χ0v) is 22.0. The van der Waals surface area contributed by atoms with Crippen LogP contribution >= 0.6 is 0 Å². The number of non-ortho nitro benzene ring substituents is 1. The molecular weight excluding hydrogens is 527 g/mol. The summed E-state index contributed by atoms with van der Waals surface area (Å²) in [6.07, 6.45) is -3.23. The van der Waals surface area contributed by atoms with Gasteiger partial charge < -0.3 is 9.47 Å². The van der Waals surface area contributed by atoms with Crippen LogP contribution in [0, 0.1) is 10.1 Å². The minimum absolute atomic E-state index is 0.0326. The monoisotopic (exact) mass is 552 g/mol. The van der Waals surface area contributed by atoms with E-state index in [1.54, 1.807) is 4.90 Å². The molecule has 0 spiro atoms. The third-order valence-corrected chi connectivity index (χ3v) is 7.93. The number of carbonyl (C=O) groups excluding carboxylic acids is 2. The van der Waals surface area contributed by atoms with E-state index in [-0.39, 0.29) is 17.8 Å². The summed E-state index contributed by atoms with van der Waals surface area (Å²) in [4.78, 5) is 38.5. The predicted octanol–water partition coefficient (Wildman–Crippen LogP) is 5.29. The van der Waals surface area contributed by atoms with Gasteiger partial charge in [0.2, 0.25) is 0 Å². The van der Waals surface area contributed by atoms with Gasteiger partial charge in [0.25, 0.3) is 5.69 Å². The lowest BCUT2D eigenvalue weighted by atomic mass is 9.78. The summed E-state index contributed by atoms with van der Waals surface area (Å²) in [7, 11) is 1.20. The SMILES string of the molecule is COC(=O)[C@@H]1[C@H](F)[C@@H](OC(=O)c2ccc([N+](=O)[O-])cc2)CN1C1(c2ccccc2)c2ccccc2-c2ccccc21. The lowest BCUT2D eigenvalue weighted by molar-refractivity contribution is -0.384. The first-order chi connectivity index (χ1) is 19.9. The van der Waals surface area contributed by atoms with Gasteiger partial charge in [0, 0.05) is 18.7 Å². The van der Waals surface area contributed by atoms with Gasteiger partial charge in [-0.25, -0.2) is 9.18 Å². The van der Waals surface area contributed by atoms with E-state index in [0.717, 1.165) is 27.8 Å². The van der Waals surface area contributed by atoms with Crippen molar-refractivity contribution in [3.05, 3.63) is 135 Å². The molecule has 0 unspecified atom stereocenters. The van der Waals surface area contributed by atoms with E-state index in [1.807, 2.05) is 78.9 Å². The molecule has 0 radical (unpaired) electrons. The van der Waals surface area contributed by atoms with Gasteiger partial charge in [-0.3, -0.25) is 19.8 Å². The maximum absolute atomic E-state index is 16.4. The van der Waals surface area contributed by atoms with Gasteiger partial charge in [-0.05, 0) is 39.9 Å². The van der Waals surface area contributed by atoms with Crippen molar-refractivity contribution in [2.45, 2.75) is 23.9 Å². The zero-order valence-electron chi connectivity index (χ0n) is 22.0. The molecule has 1 fully saturated rings. The van der Waals surface area contributed by atoms with Crippen molar-refractivity contribution in [1.29, 1.82) is 0 Å². The molecule has 4 aromatic rings. The molecule has 0 N–H and O–H groups in total. The van der Waals surface area contributed by atoms with Gasteiger partial charge in [-0.15, -0.1) is 0 Å². The normalized spacial score (nSPS) is 20.6. The Bertz CT molecular complexity index is 1600. The first-order valence-electron chi connectivity index (χ1n) is 13.1. The molecule has 206 valence electrons. The van der Waals surface area contributed by atoms with Crippen LogP contribution in [0.15, 0.2) is 103 Å². The number of benzene rings is 4. The number of nitro benzene ring substituents is 1. The number of nitro groups is 1. The fourth-order valence-electron chi connectivity index (χ4n) is 6.21. The smallest absolute Gasteiger partial charge is 0.338 e. The number of carbonyl (C=O) groups is 2. The number of halogens is 1. The Morgan fingerprint density at radius 3 is 2.00 bits per heavy atom. The maximum atomic E-state index is 16.4. The van der Waals surface area contributed by atoms with E-state index in [9.17, 15) is 19.7 Å². The first kappa shape index (κ1) is 26.3. The number of rotatable bonds is 6. The largest absolute Gasteiger partial charge is 0.468 e. The lowest BCUT2D eigenvalue weighted by Crippen LogP contribution is -2.53. The lowest BCUT2D eigenvalue weighted by Gasteiger charge is -2.43. The van der Waals surface area contributed by atoms with Gasteiger partial charge in [0.1, 0.15) is 12.1 Å². The Labute approximate surface area is 235 Å². The van der Waals surface area contributed by atoms with E-state index < -0.39 is 40.7 Å². The number of fused-ring (bicyclic) bond motifs is 3. The number of esters is 2. The van der Waals surface area contributed by atoms with Crippen LogP contribution in [-0.2, 0) is 19.8 Å². The number of ether oxygens (including phenoxy) is 2. The van der Waals surface area contributed by atoms with Gasteiger partial charge >= 0.3 is 11.9 Å². The molecule has 0 aromatic heterocycles. The fourth-order valence-corrected chi connectivity index (χ4v) is 6.21. The average molecular weight is 553 g/mol. The molecule has 2 aliphatic rings. The second kappa shape index (κ2) is 10.3. The van der Waals surface area contributed by atoms with Gasteiger partial charge in [-0.1, -0.05) is 78.9 Å². The number of likely N-dealkylation sites (tertiary alicyclic amines) is 1.